The maximum absolute atomic E-state index is 12.5. The maximum Gasteiger partial charge on any atom is 0.274 e. The first-order chi connectivity index (χ1) is 12.2. The van der Waals surface area contributed by atoms with Crippen molar-refractivity contribution in [1.29, 1.82) is 0 Å². The first-order valence-corrected chi connectivity index (χ1v) is 8.42. The highest BCUT2D eigenvalue weighted by atomic mass is 16.5. The van der Waals surface area contributed by atoms with Crippen LogP contribution in [0.3, 0.4) is 0 Å². The summed E-state index contributed by atoms with van der Waals surface area (Å²) in [5, 5.41) is 0. The van der Waals surface area contributed by atoms with E-state index in [4.69, 9.17) is 4.74 Å². The number of likely N-dealkylation sites (N-methyl/N-ethyl adjacent to an activating group) is 1. The van der Waals surface area contributed by atoms with Gasteiger partial charge >= 0.3 is 0 Å². The molecule has 1 unspecified atom stereocenters. The van der Waals surface area contributed by atoms with E-state index < -0.39 is 0 Å². The summed E-state index contributed by atoms with van der Waals surface area (Å²) in [7, 11) is 1.80. The molecule has 1 aliphatic rings. The molecule has 0 aliphatic carbocycles. The fourth-order valence-electron chi connectivity index (χ4n) is 2.84. The minimum atomic E-state index is -0.124. The minimum Gasteiger partial charge on any atom is -0.475 e. The van der Waals surface area contributed by atoms with Crippen LogP contribution in [0.15, 0.2) is 31.0 Å². The minimum absolute atomic E-state index is 0.0792. The zero-order valence-corrected chi connectivity index (χ0v) is 14.5. The van der Waals surface area contributed by atoms with E-state index in [0.717, 1.165) is 25.2 Å². The lowest BCUT2D eigenvalue weighted by atomic mass is 10.2. The predicted octanol–water partition coefficient (Wildman–Crippen LogP) is 1.41. The number of hydrogen-bond acceptors (Lipinski definition) is 7. The smallest absolute Gasteiger partial charge is 0.274 e. The quantitative estimate of drug-likeness (QED) is 0.784. The number of hydrogen-bond donors (Lipinski definition) is 0. The Morgan fingerprint density at radius 1 is 1.28 bits per heavy atom. The Morgan fingerprint density at radius 2 is 2.08 bits per heavy atom. The molecule has 25 heavy (non-hydrogen) atoms. The lowest BCUT2D eigenvalue weighted by molar-refractivity contribution is 0.0738. The summed E-state index contributed by atoms with van der Waals surface area (Å²) in [5.41, 5.74) is 0.356. The Hall–Kier alpha value is -2.77. The monoisotopic (exact) mass is 342 g/mol. The standard InChI is InChI=1S/C17H22N6O2/c1-3-10-25-16-15(20-7-8-21-16)23-9-4-13(12-23)22(2)17(24)14-11-18-5-6-19-14/h5-8,11,13H,3-4,9-10,12H2,1-2H3. The molecule has 1 atom stereocenters. The van der Waals surface area contributed by atoms with Crippen LogP contribution < -0.4 is 9.64 Å². The van der Waals surface area contributed by atoms with Crippen molar-refractivity contribution < 1.29 is 9.53 Å². The van der Waals surface area contributed by atoms with Crippen LogP contribution in [0.5, 0.6) is 5.88 Å². The predicted molar refractivity (Wildman–Crippen MR) is 92.6 cm³/mol. The molecule has 1 amide bonds. The van der Waals surface area contributed by atoms with Gasteiger partial charge < -0.3 is 14.5 Å². The van der Waals surface area contributed by atoms with Gasteiger partial charge in [0.25, 0.3) is 11.8 Å². The molecule has 8 heteroatoms. The number of aromatic nitrogens is 4. The van der Waals surface area contributed by atoms with Crippen molar-refractivity contribution in [3.8, 4) is 5.88 Å². The van der Waals surface area contributed by atoms with E-state index in [9.17, 15) is 4.79 Å². The Bertz CT molecular complexity index is 711. The van der Waals surface area contributed by atoms with Crippen LogP contribution in [0.4, 0.5) is 5.82 Å². The third kappa shape index (κ3) is 3.84. The van der Waals surface area contributed by atoms with Gasteiger partial charge in [-0.1, -0.05) is 6.92 Å². The second-order valence-corrected chi connectivity index (χ2v) is 5.93. The van der Waals surface area contributed by atoms with E-state index in [1.165, 1.54) is 12.4 Å². The first kappa shape index (κ1) is 17.1. The molecule has 3 rings (SSSR count). The van der Waals surface area contributed by atoms with E-state index in [2.05, 4.69) is 31.8 Å². The van der Waals surface area contributed by atoms with Gasteiger partial charge in [-0.15, -0.1) is 0 Å². The van der Waals surface area contributed by atoms with Gasteiger partial charge in [-0.3, -0.25) is 9.78 Å². The van der Waals surface area contributed by atoms with Gasteiger partial charge in [-0.25, -0.2) is 15.0 Å². The van der Waals surface area contributed by atoms with Crippen LogP contribution in [-0.4, -0.2) is 63.5 Å². The molecule has 2 aromatic heterocycles. The Balaban J connectivity index is 1.69. The summed E-state index contributed by atoms with van der Waals surface area (Å²) in [5.74, 6) is 1.16. The molecular formula is C17H22N6O2. The van der Waals surface area contributed by atoms with Crippen LogP contribution in [0, 0.1) is 0 Å². The van der Waals surface area contributed by atoms with Crippen LogP contribution in [-0.2, 0) is 0 Å². The van der Waals surface area contributed by atoms with E-state index in [0.29, 0.717) is 24.7 Å². The normalized spacial score (nSPS) is 16.7. The van der Waals surface area contributed by atoms with Crippen molar-refractivity contribution >= 4 is 11.7 Å². The van der Waals surface area contributed by atoms with Gasteiger partial charge in [-0.2, -0.15) is 0 Å². The zero-order valence-electron chi connectivity index (χ0n) is 14.5. The zero-order chi connectivity index (χ0) is 17.6. The third-order valence-electron chi connectivity index (χ3n) is 4.20. The third-order valence-corrected chi connectivity index (χ3v) is 4.20. The molecule has 0 radical (unpaired) electrons. The summed E-state index contributed by atoms with van der Waals surface area (Å²) < 4.78 is 5.70. The molecule has 8 nitrogen and oxygen atoms in total. The van der Waals surface area contributed by atoms with Crippen LogP contribution in [0.1, 0.15) is 30.3 Å². The molecule has 0 saturated carbocycles. The van der Waals surface area contributed by atoms with Crippen molar-refractivity contribution in [2.75, 3.05) is 31.6 Å². The van der Waals surface area contributed by atoms with Gasteiger partial charge in [0, 0.05) is 44.9 Å². The second-order valence-electron chi connectivity index (χ2n) is 5.93. The fourth-order valence-corrected chi connectivity index (χ4v) is 2.84. The molecule has 132 valence electrons. The highest BCUT2D eigenvalue weighted by Crippen LogP contribution is 2.27. The van der Waals surface area contributed by atoms with Crippen molar-refractivity contribution in [3.05, 3.63) is 36.7 Å². The summed E-state index contributed by atoms with van der Waals surface area (Å²) in [4.78, 5) is 33.1. The van der Waals surface area contributed by atoms with Gasteiger partial charge in [0.05, 0.1) is 18.8 Å². The van der Waals surface area contributed by atoms with Crippen molar-refractivity contribution in [2.24, 2.45) is 0 Å². The first-order valence-electron chi connectivity index (χ1n) is 8.42. The number of ether oxygens (including phenoxy) is 1. The molecule has 0 bridgehead atoms. The SMILES string of the molecule is CCCOc1nccnc1N1CCC(N(C)C(=O)c2cnccn2)C1. The van der Waals surface area contributed by atoms with Crippen molar-refractivity contribution in [2.45, 2.75) is 25.8 Å². The van der Waals surface area contributed by atoms with Gasteiger partial charge in [-0.05, 0) is 12.8 Å². The number of carbonyl (C=O) groups is 1. The van der Waals surface area contributed by atoms with Gasteiger partial charge in [0.15, 0.2) is 5.82 Å². The lowest BCUT2D eigenvalue weighted by Crippen LogP contribution is -2.39. The van der Waals surface area contributed by atoms with E-state index >= 15 is 0 Å². The molecule has 3 heterocycles. The average molecular weight is 342 g/mol. The fraction of sp³-hybridized carbons (Fsp3) is 0.471. The van der Waals surface area contributed by atoms with Gasteiger partial charge in [0.2, 0.25) is 0 Å². The number of rotatable bonds is 6. The summed E-state index contributed by atoms with van der Waals surface area (Å²) in [6.07, 6.45) is 9.63. The van der Waals surface area contributed by atoms with Crippen molar-refractivity contribution in [3.63, 3.8) is 0 Å². The number of anilines is 1. The highest BCUT2D eigenvalue weighted by Gasteiger charge is 2.31. The molecule has 0 aromatic carbocycles. The number of amides is 1. The van der Waals surface area contributed by atoms with Crippen molar-refractivity contribution in [1.82, 2.24) is 24.8 Å². The Kier molecular flexibility index (Phi) is 5.37. The van der Waals surface area contributed by atoms with Crippen LogP contribution in [0.25, 0.3) is 0 Å². The second kappa shape index (κ2) is 7.87. The van der Waals surface area contributed by atoms with E-state index in [1.807, 2.05) is 0 Å². The largest absolute Gasteiger partial charge is 0.475 e. The summed E-state index contributed by atoms with van der Waals surface area (Å²) >= 11 is 0. The summed E-state index contributed by atoms with van der Waals surface area (Å²) in [6.45, 7) is 4.14. The molecule has 2 aromatic rings. The molecule has 1 fully saturated rings. The van der Waals surface area contributed by atoms with E-state index in [-0.39, 0.29) is 11.9 Å². The average Bonchev–Trinajstić information content (AvgIpc) is 3.16. The maximum atomic E-state index is 12.5. The number of carbonyl (C=O) groups excluding carboxylic acids is 1. The molecule has 0 N–H and O–H groups in total. The number of nitrogens with zero attached hydrogens (tertiary/aromatic N) is 6. The Morgan fingerprint density at radius 3 is 2.84 bits per heavy atom. The molecular weight excluding hydrogens is 320 g/mol. The summed E-state index contributed by atoms with van der Waals surface area (Å²) in [6, 6.07) is 0.0792. The molecule has 0 spiro atoms. The topological polar surface area (TPSA) is 84.3 Å². The molecule has 1 saturated heterocycles. The van der Waals surface area contributed by atoms with Gasteiger partial charge in [0.1, 0.15) is 5.69 Å². The van der Waals surface area contributed by atoms with Crippen LogP contribution >= 0.6 is 0 Å². The lowest BCUT2D eigenvalue weighted by Gasteiger charge is -2.25. The highest BCUT2D eigenvalue weighted by molar-refractivity contribution is 5.92. The molecule has 1 aliphatic heterocycles. The van der Waals surface area contributed by atoms with E-state index in [1.54, 1.807) is 30.5 Å². The Labute approximate surface area is 146 Å². The van der Waals surface area contributed by atoms with Crippen LogP contribution in [0.2, 0.25) is 0 Å².